The Morgan fingerprint density at radius 3 is 2.28 bits per heavy atom. The van der Waals surface area contributed by atoms with Gasteiger partial charge in [0.05, 0.1) is 24.1 Å². The van der Waals surface area contributed by atoms with Crippen molar-refractivity contribution >= 4 is 0 Å². The van der Waals surface area contributed by atoms with Crippen LogP contribution < -0.4 is 0 Å². The Balaban J connectivity index is 3.29. The van der Waals surface area contributed by atoms with Crippen molar-refractivity contribution < 1.29 is 0 Å². The normalized spacial score (nSPS) is 10.8. The molecule has 0 saturated carbocycles. The largest absolute Gasteiger partial charge is 0.198 e. The predicted molar refractivity (Wildman–Crippen MR) is 73.0 cm³/mol. The molecule has 2 heteroatoms. The Morgan fingerprint density at radius 2 is 1.83 bits per heavy atom. The molecular formula is C16H20N2. The van der Waals surface area contributed by atoms with E-state index in [0.717, 1.165) is 35.1 Å². The van der Waals surface area contributed by atoms with E-state index in [1.165, 1.54) is 0 Å². The summed E-state index contributed by atoms with van der Waals surface area (Å²) in [6.07, 6.45) is 2.11. The van der Waals surface area contributed by atoms with Gasteiger partial charge in [-0.3, -0.25) is 0 Å². The van der Waals surface area contributed by atoms with Crippen LogP contribution in [0.15, 0.2) is 12.1 Å². The third-order valence-electron chi connectivity index (χ3n) is 2.88. The molecule has 0 spiro atoms. The van der Waals surface area contributed by atoms with Crippen molar-refractivity contribution in [1.29, 1.82) is 10.5 Å². The standard InChI is InChI=1S/C16H20N2/c1-5-15-13(6-7-17)8-12(9-14(15)11-18)10-16(2,3)4/h8-9H,5-6,10H2,1-4H3. The maximum atomic E-state index is 9.23. The van der Waals surface area contributed by atoms with E-state index in [0.29, 0.717) is 6.42 Å². The summed E-state index contributed by atoms with van der Waals surface area (Å²) in [5, 5.41) is 18.1. The van der Waals surface area contributed by atoms with Crippen LogP contribution in [0.4, 0.5) is 0 Å². The lowest BCUT2D eigenvalue weighted by Gasteiger charge is -2.19. The summed E-state index contributed by atoms with van der Waals surface area (Å²) in [5.41, 5.74) is 4.10. The first-order chi connectivity index (χ1) is 8.41. The second kappa shape index (κ2) is 5.69. The van der Waals surface area contributed by atoms with Gasteiger partial charge in [0.2, 0.25) is 0 Å². The average Bonchev–Trinajstić information content (AvgIpc) is 2.26. The van der Waals surface area contributed by atoms with E-state index in [1.54, 1.807) is 0 Å². The lowest BCUT2D eigenvalue weighted by atomic mass is 9.85. The Hall–Kier alpha value is -1.80. The fourth-order valence-electron chi connectivity index (χ4n) is 2.27. The molecular weight excluding hydrogens is 220 g/mol. The number of benzene rings is 1. The molecule has 0 amide bonds. The third-order valence-corrected chi connectivity index (χ3v) is 2.88. The molecule has 18 heavy (non-hydrogen) atoms. The van der Waals surface area contributed by atoms with Gasteiger partial charge in [-0.25, -0.2) is 0 Å². The minimum atomic E-state index is 0.185. The van der Waals surface area contributed by atoms with E-state index in [9.17, 15) is 5.26 Å². The van der Waals surface area contributed by atoms with Gasteiger partial charge in [-0.15, -0.1) is 0 Å². The molecule has 1 aromatic carbocycles. The Labute approximate surface area is 110 Å². The van der Waals surface area contributed by atoms with Crippen molar-refractivity contribution in [3.05, 3.63) is 34.4 Å². The van der Waals surface area contributed by atoms with Crippen LogP contribution in [0.2, 0.25) is 0 Å². The molecule has 0 unspecified atom stereocenters. The zero-order chi connectivity index (χ0) is 13.8. The lowest BCUT2D eigenvalue weighted by Crippen LogP contribution is -2.10. The molecule has 2 nitrogen and oxygen atoms in total. The summed E-state index contributed by atoms with van der Waals surface area (Å²) in [6, 6.07) is 8.52. The summed E-state index contributed by atoms with van der Waals surface area (Å²) in [4.78, 5) is 0. The van der Waals surface area contributed by atoms with Gasteiger partial charge >= 0.3 is 0 Å². The van der Waals surface area contributed by atoms with Crippen LogP contribution in [0.1, 0.15) is 49.9 Å². The van der Waals surface area contributed by atoms with Crippen molar-refractivity contribution in [2.45, 2.75) is 47.0 Å². The van der Waals surface area contributed by atoms with E-state index in [4.69, 9.17) is 5.26 Å². The van der Waals surface area contributed by atoms with Crippen LogP contribution in [0, 0.1) is 28.1 Å². The fourth-order valence-corrected chi connectivity index (χ4v) is 2.27. The molecule has 0 aliphatic rings. The highest BCUT2D eigenvalue weighted by atomic mass is 14.3. The molecule has 1 aromatic rings. The van der Waals surface area contributed by atoms with Gasteiger partial charge in [-0.05, 0) is 41.0 Å². The highest BCUT2D eigenvalue weighted by molar-refractivity contribution is 5.47. The van der Waals surface area contributed by atoms with Crippen molar-refractivity contribution in [2.24, 2.45) is 5.41 Å². The minimum absolute atomic E-state index is 0.185. The molecule has 0 bridgehead atoms. The van der Waals surface area contributed by atoms with Crippen molar-refractivity contribution in [2.75, 3.05) is 0 Å². The summed E-state index contributed by atoms with van der Waals surface area (Å²) in [7, 11) is 0. The zero-order valence-corrected chi connectivity index (χ0v) is 11.7. The molecule has 0 atom stereocenters. The molecule has 0 aromatic heterocycles. The maximum absolute atomic E-state index is 9.23. The predicted octanol–water partition coefficient (Wildman–Crippen LogP) is 3.78. The number of hydrogen-bond acceptors (Lipinski definition) is 2. The molecule has 0 saturated heterocycles. The van der Waals surface area contributed by atoms with E-state index in [1.807, 2.05) is 13.0 Å². The second-order valence-electron chi connectivity index (χ2n) is 5.82. The zero-order valence-electron chi connectivity index (χ0n) is 11.7. The van der Waals surface area contributed by atoms with Gasteiger partial charge in [-0.2, -0.15) is 10.5 Å². The second-order valence-corrected chi connectivity index (χ2v) is 5.82. The molecule has 0 heterocycles. The van der Waals surface area contributed by atoms with Crippen LogP contribution >= 0.6 is 0 Å². The van der Waals surface area contributed by atoms with Crippen LogP contribution in [0.3, 0.4) is 0 Å². The first-order valence-corrected chi connectivity index (χ1v) is 6.33. The molecule has 94 valence electrons. The van der Waals surface area contributed by atoms with Gasteiger partial charge in [0.1, 0.15) is 0 Å². The van der Waals surface area contributed by atoms with Crippen LogP contribution in [0.25, 0.3) is 0 Å². The smallest absolute Gasteiger partial charge is 0.0994 e. The minimum Gasteiger partial charge on any atom is -0.198 e. The Bertz CT molecular complexity index is 508. The van der Waals surface area contributed by atoms with Crippen molar-refractivity contribution in [3.63, 3.8) is 0 Å². The van der Waals surface area contributed by atoms with E-state index in [2.05, 4.69) is 39.0 Å². The Kier molecular flexibility index (Phi) is 4.51. The molecule has 0 aliphatic carbocycles. The maximum Gasteiger partial charge on any atom is 0.0994 e. The molecule has 0 radical (unpaired) electrons. The summed E-state index contributed by atoms with van der Waals surface area (Å²) in [5.74, 6) is 0. The SMILES string of the molecule is CCc1c(C#N)cc(CC(C)(C)C)cc1CC#N. The first kappa shape index (κ1) is 14.3. The van der Waals surface area contributed by atoms with Gasteiger partial charge in [0.15, 0.2) is 0 Å². The fraction of sp³-hybridized carbons (Fsp3) is 0.500. The summed E-state index contributed by atoms with van der Waals surface area (Å²) >= 11 is 0. The van der Waals surface area contributed by atoms with E-state index in [-0.39, 0.29) is 5.41 Å². The Morgan fingerprint density at radius 1 is 1.17 bits per heavy atom. The topological polar surface area (TPSA) is 47.6 Å². The molecule has 0 aliphatic heterocycles. The summed E-state index contributed by atoms with van der Waals surface area (Å²) < 4.78 is 0. The van der Waals surface area contributed by atoms with E-state index >= 15 is 0 Å². The molecule has 0 N–H and O–H groups in total. The lowest BCUT2D eigenvalue weighted by molar-refractivity contribution is 0.411. The van der Waals surface area contributed by atoms with Crippen molar-refractivity contribution in [3.8, 4) is 12.1 Å². The van der Waals surface area contributed by atoms with Crippen LogP contribution in [0.5, 0.6) is 0 Å². The monoisotopic (exact) mass is 240 g/mol. The molecule has 0 fully saturated rings. The van der Waals surface area contributed by atoms with Gasteiger partial charge < -0.3 is 0 Å². The van der Waals surface area contributed by atoms with Crippen molar-refractivity contribution in [1.82, 2.24) is 0 Å². The van der Waals surface area contributed by atoms with Crippen LogP contribution in [-0.2, 0) is 19.3 Å². The third kappa shape index (κ3) is 3.60. The quantitative estimate of drug-likeness (QED) is 0.807. The first-order valence-electron chi connectivity index (χ1n) is 6.33. The highest BCUT2D eigenvalue weighted by Crippen LogP contribution is 2.25. The van der Waals surface area contributed by atoms with Gasteiger partial charge in [0, 0.05) is 0 Å². The number of nitriles is 2. The average molecular weight is 240 g/mol. The van der Waals surface area contributed by atoms with Crippen LogP contribution in [-0.4, -0.2) is 0 Å². The number of nitrogens with zero attached hydrogens (tertiary/aromatic N) is 2. The van der Waals surface area contributed by atoms with Gasteiger partial charge in [-0.1, -0.05) is 33.8 Å². The number of hydrogen-bond donors (Lipinski definition) is 0. The highest BCUT2D eigenvalue weighted by Gasteiger charge is 2.15. The summed E-state index contributed by atoms with van der Waals surface area (Å²) in [6.45, 7) is 8.56. The van der Waals surface area contributed by atoms with E-state index < -0.39 is 0 Å². The van der Waals surface area contributed by atoms with Gasteiger partial charge in [0.25, 0.3) is 0 Å². The number of rotatable bonds is 3. The molecule has 1 rings (SSSR count).